The molecule has 3 rings (SSSR count). The molecule has 1 fully saturated rings. The lowest BCUT2D eigenvalue weighted by Crippen LogP contribution is -2.19. The third kappa shape index (κ3) is 5.41. The van der Waals surface area contributed by atoms with E-state index < -0.39 is 0 Å². The SMILES string of the molecule is COc1cc(C=C2SC(=Nc3cc(C)ccc3C)NC2=O)ccc1OCC(C)C. The minimum absolute atomic E-state index is 0.154. The van der Waals surface area contributed by atoms with Gasteiger partial charge in [-0.25, -0.2) is 4.99 Å². The van der Waals surface area contributed by atoms with Gasteiger partial charge in [0.15, 0.2) is 16.7 Å². The molecule has 0 unspecified atom stereocenters. The van der Waals surface area contributed by atoms with Crippen LogP contribution in [0.15, 0.2) is 46.3 Å². The highest BCUT2D eigenvalue weighted by Crippen LogP contribution is 2.33. The van der Waals surface area contributed by atoms with Crippen LogP contribution in [0.5, 0.6) is 11.5 Å². The summed E-state index contributed by atoms with van der Waals surface area (Å²) in [6.07, 6.45) is 1.83. The van der Waals surface area contributed by atoms with Crippen LogP contribution < -0.4 is 14.8 Å². The molecule has 0 saturated carbocycles. The molecule has 1 aliphatic rings. The highest BCUT2D eigenvalue weighted by molar-refractivity contribution is 8.18. The molecule has 0 bridgehead atoms. The van der Waals surface area contributed by atoms with Crippen LogP contribution in [0.1, 0.15) is 30.5 Å². The number of carbonyl (C=O) groups excluding carboxylic acids is 1. The second-order valence-electron chi connectivity index (χ2n) is 7.39. The van der Waals surface area contributed by atoms with Crippen LogP contribution in [0, 0.1) is 19.8 Å². The Bertz CT molecular complexity index is 980. The molecule has 6 heteroatoms. The van der Waals surface area contributed by atoms with Gasteiger partial charge in [-0.05, 0) is 72.5 Å². The number of aryl methyl sites for hydroxylation is 2. The van der Waals surface area contributed by atoms with Gasteiger partial charge in [-0.15, -0.1) is 0 Å². The molecule has 5 nitrogen and oxygen atoms in total. The molecular formula is C23H26N2O3S. The van der Waals surface area contributed by atoms with Crippen LogP contribution in [-0.2, 0) is 4.79 Å². The number of amidine groups is 1. The van der Waals surface area contributed by atoms with E-state index in [1.165, 1.54) is 11.8 Å². The van der Waals surface area contributed by atoms with E-state index in [9.17, 15) is 4.79 Å². The van der Waals surface area contributed by atoms with Crippen LogP contribution in [0.4, 0.5) is 5.69 Å². The van der Waals surface area contributed by atoms with Crippen molar-refractivity contribution < 1.29 is 14.3 Å². The summed E-state index contributed by atoms with van der Waals surface area (Å²) >= 11 is 1.33. The second kappa shape index (κ2) is 9.18. The zero-order valence-corrected chi connectivity index (χ0v) is 18.2. The van der Waals surface area contributed by atoms with Crippen LogP contribution in [0.2, 0.25) is 0 Å². The van der Waals surface area contributed by atoms with E-state index in [1.807, 2.05) is 56.3 Å². The van der Waals surface area contributed by atoms with Gasteiger partial charge in [0.05, 0.1) is 24.3 Å². The smallest absolute Gasteiger partial charge is 0.264 e. The van der Waals surface area contributed by atoms with E-state index in [0.717, 1.165) is 22.4 Å². The molecular weight excluding hydrogens is 384 g/mol. The van der Waals surface area contributed by atoms with Crippen molar-refractivity contribution in [3.63, 3.8) is 0 Å². The largest absolute Gasteiger partial charge is 0.493 e. The predicted octanol–water partition coefficient (Wildman–Crippen LogP) is 5.24. The molecule has 0 aromatic heterocycles. The number of methoxy groups -OCH3 is 1. The minimum Gasteiger partial charge on any atom is -0.493 e. The standard InChI is InChI=1S/C23H26N2O3S/c1-14(2)13-28-19-9-8-17(11-20(19)27-5)12-21-22(26)25-23(29-21)24-18-10-15(3)6-7-16(18)4/h6-12,14H,13H2,1-5H3,(H,24,25,26). The molecule has 29 heavy (non-hydrogen) atoms. The van der Waals surface area contributed by atoms with Crippen molar-refractivity contribution in [1.82, 2.24) is 5.32 Å². The van der Waals surface area contributed by atoms with Crippen molar-refractivity contribution in [3.8, 4) is 11.5 Å². The van der Waals surface area contributed by atoms with Gasteiger partial charge in [0, 0.05) is 0 Å². The first-order valence-corrected chi connectivity index (χ1v) is 10.3. The Labute approximate surface area is 176 Å². The summed E-state index contributed by atoms with van der Waals surface area (Å²) in [6.45, 7) is 8.84. The van der Waals surface area contributed by atoms with E-state index in [2.05, 4.69) is 24.2 Å². The van der Waals surface area contributed by atoms with E-state index in [4.69, 9.17) is 9.47 Å². The number of carbonyl (C=O) groups is 1. The average Bonchev–Trinajstić information content (AvgIpc) is 3.02. The fourth-order valence-corrected chi connectivity index (χ4v) is 3.57. The Balaban J connectivity index is 1.81. The predicted molar refractivity (Wildman–Crippen MR) is 120 cm³/mol. The lowest BCUT2D eigenvalue weighted by molar-refractivity contribution is -0.115. The number of rotatable bonds is 6. The Hall–Kier alpha value is -2.73. The summed E-state index contributed by atoms with van der Waals surface area (Å²) in [5.41, 5.74) is 3.93. The summed E-state index contributed by atoms with van der Waals surface area (Å²) in [5, 5.41) is 3.42. The molecule has 2 aromatic rings. The van der Waals surface area contributed by atoms with Gasteiger partial charge >= 0.3 is 0 Å². The molecule has 1 aliphatic heterocycles. The Morgan fingerprint density at radius 1 is 1.14 bits per heavy atom. The molecule has 152 valence electrons. The molecule has 2 aromatic carbocycles. The first-order chi connectivity index (χ1) is 13.9. The van der Waals surface area contributed by atoms with E-state index >= 15 is 0 Å². The number of nitrogens with one attached hydrogen (secondary N) is 1. The first kappa shape index (κ1) is 21.0. The van der Waals surface area contributed by atoms with Gasteiger partial charge in [-0.3, -0.25) is 4.79 Å². The second-order valence-corrected chi connectivity index (χ2v) is 8.42. The van der Waals surface area contributed by atoms with Crippen LogP contribution in [0.25, 0.3) is 6.08 Å². The highest BCUT2D eigenvalue weighted by Gasteiger charge is 2.24. The van der Waals surface area contributed by atoms with Crippen molar-refractivity contribution in [1.29, 1.82) is 0 Å². The Morgan fingerprint density at radius 2 is 1.93 bits per heavy atom. The zero-order valence-electron chi connectivity index (χ0n) is 17.4. The van der Waals surface area contributed by atoms with Crippen molar-refractivity contribution >= 4 is 34.6 Å². The number of hydrogen-bond acceptors (Lipinski definition) is 5. The molecule has 1 heterocycles. The number of benzene rings is 2. The maximum absolute atomic E-state index is 12.4. The third-order valence-corrected chi connectivity index (χ3v) is 5.20. The fraction of sp³-hybridized carbons (Fsp3) is 0.304. The Kier molecular flexibility index (Phi) is 6.64. The molecule has 0 aliphatic carbocycles. The molecule has 1 saturated heterocycles. The summed E-state index contributed by atoms with van der Waals surface area (Å²) in [5.74, 6) is 1.62. The molecule has 0 spiro atoms. The van der Waals surface area contributed by atoms with Crippen molar-refractivity contribution in [2.75, 3.05) is 13.7 Å². The van der Waals surface area contributed by atoms with Gasteiger partial charge in [0.2, 0.25) is 0 Å². The normalized spacial score (nSPS) is 16.6. The van der Waals surface area contributed by atoms with E-state index in [0.29, 0.717) is 34.1 Å². The molecule has 1 N–H and O–H groups in total. The van der Waals surface area contributed by atoms with Crippen LogP contribution in [-0.4, -0.2) is 24.8 Å². The van der Waals surface area contributed by atoms with Gasteiger partial charge < -0.3 is 14.8 Å². The quantitative estimate of drug-likeness (QED) is 0.662. The summed E-state index contributed by atoms with van der Waals surface area (Å²) in [4.78, 5) is 17.6. The maximum atomic E-state index is 12.4. The van der Waals surface area contributed by atoms with Gasteiger partial charge in [-0.2, -0.15) is 0 Å². The first-order valence-electron chi connectivity index (χ1n) is 9.53. The monoisotopic (exact) mass is 410 g/mol. The number of hydrogen-bond donors (Lipinski definition) is 1. The lowest BCUT2D eigenvalue weighted by atomic mass is 10.1. The molecule has 0 atom stereocenters. The number of aliphatic imine (C=N–C) groups is 1. The average molecular weight is 411 g/mol. The van der Waals surface area contributed by atoms with Gasteiger partial charge in [-0.1, -0.05) is 32.0 Å². The Morgan fingerprint density at radius 3 is 2.66 bits per heavy atom. The summed E-state index contributed by atoms with van der Waals surface area (Å²) < 4.78 is 11.2. The topological polar surface area (TPSA) is 59.9 Å². The number of thioether (sulfide) groups is 1. The van der Waals surface area contributed by atoms with E-state index in [1.54, 1.807) is 7.11 Å². The maximum Gasteiger partial charge on any atom is 0.264 e. The minimum atomic E-state index is -0.154. The van der Waals surface area contributed by atoms with Crippen LogP contribution in [0.3, 0.4) is 0 Å². The lowest BCUT2D eigenvalue weighted by Gasteiger charge is -2.12. The summed E-state index contributed by atoms with van der Waals surface area (Å²) in [6, 6.07) is 11.7. The van der Waals surface area contributed by atoms with E-state index in [-0.39, 0.29) is 5.91 Å². The van der Waals surface area contributed by atoms with Crippen molar-refractivity contribution in [2.24, 2.45) is 10.9 Å². The fourth-order valence-electron chi connectivity index (χ4n) is 2.73. The number of nitrogens with zero attached hydrogens (tertiary/aromatic N) is 1. The zero-order chi connectivity index (χ0) is 21.0. The van der Waals surface area contributed by atoms with Crippen molar-refractivity contribution in [2.45, 2.75) is 27.7 Å². The number of ether oxygens (including phenoxy) is 2. The van der Waals surface area contributed by atoms with Gasteiger partial charge in [0.1, 0.15) is 0 Å². The summed E-state index contributed by atoms with van der Waals surface area (Å²) in [7, 11) is 1.61. The van der Waals surface area contributed by atoms with Crippen LogP contribution >= 0.6 is 11.8 Å². The van der Waals surface area contributed by atoms with Gasteiger partial charge in [0.25, 0.3) is 5.91 Å². The number of amides is 1. The molecule has 1 amide bonds. The molecule has 0 radical (unpaired) electrons. The van der Waals surface area contributed by atoms with Crippen molar-refractivity contribution in [3.05, 3.63) is 58.0 Å². The third-order valence-electron chi connectivity index (χ3n) is 4.30. The highest BCUT2D eigenvalue weighted by atomic mass is 32.2.